The quantitative estimate of drug-likeness (QED) is 0.709. The summed E-state index contributed by atoms with van der Waals surface area (Å²) in [5.74, 6) is 0.489. The normalized spacial score (nSPS) is 20.2. The molecule has 7 nitrogen and oxygen atoms in total. The van der Waals surface area contributed by atoms with Gasteiger partial charge in [-0.3, -0.25) is 14.5 Å². The Hall–Kier alpha value is -1.48. The van der Waals surface area contributed by atoms with E-state index < -0.39 is 10.0 Å². The second-order valence-electron chi connectivity index (χ2n) is 6.62. The van der Waals surface area contributed by atoms with Gasteiger partial charge in [0.05, 0.1) is 12.0 Å². The largest absolute Gasteiger partial charge is 0.350 e. The summed E-state index contributed by atoms with van der Waals surface area (Å²) in [5.41, 5.74) is 0.426. The van der Waals surface area contributed by atoms with Gasteiger partial charge < -0.3 is 5.32 Å². The molecular weight excluding hydrogens is 342 g/mol. The van der Waals surface area contributed by atoms with Crippen molar-refractivity contribution >= 4 is 15.9 Å². The van der Waals surface area contributed by atoms with E-state index in [0.29, 0.717) is 18.0 Å². The summed E-state index contributed by atoms with van der Waals surface area (Å²) in [6.07, 6.45) is 2.47. The molecule has 1 fully saturated rings. The van der Waals surface area contributed by atoms with E-state index in [9.17, 15) is 13.2 Å². The molecule has 2 atom stereocenters. The summed E-state index contributed by atoms with van der Waals surface area (Å²) in [6, 6.07) is 6.02. The third kappa shape index (κ3) is 5.50. The molecule has 0 spiro atoms. The first-order valence-electron chi connectivity index (χ1n) is 8.50. The number of sulfonamides is 1. The zero-order valence-corrected chi connectivity index (χ0v) is 15.8. The fraction of sp³-hybridized carbons (Fsp3) is 0.588. The summed E-state index contributed by atoms with van der Waals surface area (Å²) in [6.45, 7) is 7.07. The van der Waals surface area contributed by atoms with Gasteiger partial charge in [-0.25, -0.2) is 8.42 Å². The molecule has 1 saturated heterocycles. The highest BCUT2D eigenvalue weighted by molar-refractivity contribution is 7.89. The van der Waals surface area contributed by atoms with Crippen molar-refractivity contribution in [1.82, 2.24) is 15.1 Å². The number of nitrogens with zero attached hydrogens (tertiary/aromatic N) is 1. The molecule has 1 aliphatic heterocycles. The van der Waals surface area contributed by atoms with Crippen LogP contribution in [0.3, 0.4) is 0 Å². The summed E-state index contributed by atoms with van der Waals surface area (Å²) in [4.78, 5) is 21.1. The maximum atomic E-state index is 12.3. The SMILES string of the molecule is CONS(=O)(=O)c1ccc(C(=O)NCC(C)N2CCCC(C)C2)cc1. The van der Waals surface area contributed by atoms with Gasteiger partial charge in [-0.2, -0.15) is 0 Å². The van der Waals surface area contributed by atoms with Crippen molar-refractivity contribution in [2.45, 2.75) is 37.6 Å². The van der Waals surface area contributed by atoms with E-state index in [1.807, 2.05) is 4.89 Å². The molecule has 25 heavy (non-hydrogen) atoms. The van der Waals surface area contributed by atoms with Crippen LogP contribution in [0.4, 0.5) is 0 Å². The lowest BCUT2D eigenvalue weighted by Gasteiger charge is -2.35. The molecular formula is C17H27N3O4S. The molecule has 140 valence electrons. The zero-order chi connectivity index (χ0) is 18.4. The highest BCUT2D eigenvalue weighted by atomic mass is 32.2. The van der Waals surface area contributed by atoms with E-state index in [0.717, 1.165) is 13.1 Å². The lowest BCUT2D eigenvalue weighted by atomic mass is 9.99. The number of carbonyl (C=O) groups excluding carboxylic acids is 1. The summed E-state index contributed by atoms with van der Waals surface area (Å²) < 4.78 is 23.6. The molecule has 2 N–H and O–H groups in total. The van der Waals surface area contributed by atoms with Crippen LogP contribution in [0.15, 0.2) is 29.2 Å². The van der Waals surface area contributed by atoms with E-state index in [1.54, 1.807) is 0 Å². The third-order valence-corrected chi connectivity index (χ3v) is 5.77. The van der Waals surface area contributed by atoms with Crippen molar-refractivity contribution in [3.05, 3.63) is 29.8 Å². The summed E-state index contributed by atoms with van der Waals surface area (Å²) >= 11 is 0. The lowest BCUT2D eigenvalue weighted by molar-refractivity contribution is 0.0917. The topological polar surface area (TPSA) is 87.7 Å². The Morgan fingerprint density at radius 1 is 1.36 bits per heavy atom. The van der Waals surface area contributed by atoms with Crippen LogP contribution in [0.1, 0.15) is 37.0 Å². The number of benzene rings is 1. The number of piperidine rings is 1. The lowest BCUT2D eigenvalue weighted by Crippen LogP contribution is -2.46. The van der Waals surface area contributed by atoms with Crippen LogP contribution in [0.5, 0.6) is 0 Å². The molecule has 0 bridgehead atoms. The van der Waals surface area contributed by atoms with E-state index in [1.165, 1.54) is 44.2 Å². The van der Waals surface area contributed by atoms with Crippen molar-refractivity contribution < 1.29 is 18.0 Å². The van der Waals surface area contributed by atoms with Gasteiger partial charge in [0, 0.05) is 24.7 Å². The monoisotopic (exact) mass is 369 g/mol. The number of likely N-dealkylation sites (tertiary alicyclic amines) is 1. The molecule has 0 saturated carbocycles. The van der Waals surface area contributed by atoms with Gasteiger partial charge in [-0.1, -0.05) is 11.8 Å². The molecule has 0 aromatic heterocycles. The maximum absolute atomic E-state index is 12.3. The molecule has 1 amide bonds. The Kier molecular flexibility index (Phi) is 6.95. The van der Waals surface area contributed by atoms with Crippen molar-refractivity contribution in [2.75, 3.05) is 26.7 Å². The highest BCUT2D eigenvalue weighted by Crippen LogP contribution is 2.17. The van der Waals surface area contributed by atoms with Crippen molar-refractivity contribution in [1.29, 1.82) is 0 Å². The van der Waals surface area contributed by atoms with Gasteiger partial charge in [-0.05, 0) is 56.5 Å². The second kappa shape index (κ2) is 8.75. The number of rotatable bonds is 7. The Morgan fingerprint density at radius 3 is 2.64 bits per heavy atom. The van der Waals surface area contributed by atoms with Crippen LogP contribution in [0.2, 0.25) is 0 Å². The maximum Gasteiger partial charge on any atom is 0.262 e. The predicted octanol–water partition coefficient (Wildman–Crippen LogP) is 1.38. The third-order valence-electron chi connectivity index (χ3n) is 4.49. The van der Waals surface area contributed by atoms with Crippen LogP contribution in [-0.2, 0) is 14.9 Å². The minimum atomic E-state index is -3.71. The van der Waals surface area contributed by atoms with Gasteiger partial charge in [0.15, 0.2) is 0 Å². The van der Waals surface area contributed by atoms with Crippen molar-refractivity contribution in [3.8, 4) is 0 Å². The average Bonchev–Trinajstić information content (AvgIpc) is 2.59. The van der Waals surface area contributed by atoms with Crippen LogP contribution in [-0.4, -0.2) is 52.0 Å². The number of carbonyl (C=O) groups is 1. The molecule has 1 heterocycles. The fourth-order valence-electron chi connectivity index (χ4n) is 3.04. The molecule has 2 rings (SSSR count). The van der Waals surface area contributed by atoms with Crippen LogP contribution >= 0.6 is 0 Å². The average molecular weight is 369 g/mol. The second-order valence-corrected chi connectivity index (χ2v) is 8.26. The Bertz CT molecular complexity index is 676. The molecule has 0 aliphatic carbocycles. The zero-order valence-electron chi connectivity index (χ0n) is 15.0. The standard InChI is InChI=1S/C17H27N3O4S/c1-13-5-4-10-20(12-13)14(2)11-18-17(21)15-6-8-16(9-7-15)25(22,23)19-24-3/h6-9,13-14,19H,4-5,10-12H2,1-3H3,(H,18,21). The van der Waals surface area contributed by atoms with E-state index >= 15 is 0 Å². The van der Waals surface area contributed by atoms with Crippen molar-refractivity contribution in [3.63, 3.8) is 0 Å². The van der Waals surface area contributed by atoms with Gasteiger partial charge in [-0.15, -0.1) is 0 Å². The Balaban J connectivity index is 1.90. The summed E-state index contributed by atoms with van der Waals surface area (Å²) in [5, 5.41) is 2.92. The molecule has 1 aromatic rings. The first-order chi connectivity index (χ1) is 11.8. The van der Waals surface area contributed by atoms with E-state index in [2.05, 4.69) is 28.9 Å². The van der Waals surface area contributed by atoms with Crippen LogP contribution in [0.25, 0.3) is 0 Å². The van der Waals surface area contributed by atoms with Crippen LogP contribution in [0, 0.1) is 5.92 Å². The number of amides is 1. The van der Waals surface area contributed by atoms with Crippen LogP contribution < -0.4 is 10.2 Å². The first kappa shape index (κ1) is 19.8. The number of hydrogen-bond acceptors (Lipinski definition) is 5. The molecule has 2 unspecified atom stereocenters. The molecule has 8 heteroatoms. The van der Waals surface area contributed by atoms with E-state index in [-0.39, 0.29) is 16.8 Å². The Morgan fingerprint density at radius 2 is 2.04 bits per heavy atom. The molecule has 0 radical (unpaired) electrons. The number of nitrogens with one attached hydrogen (secondary N) is 2. The van der Waals surface area contributed by atoms with E-state index in [4.69, 9.17) is 0 Å². The van der Waals surface area contributed by atoms with Gasteiger partial charge in [0.1, 0.15) is 0 Å². The van der Waals surface area contributed by atoms with Crippen molar-refractivity contribution in [2.24, 2.45) is 5.92 Å². The Labute approximate surface area is 149 Å². The van der Waals surface area contributed by atoms with Gasteiger partial charge in [0.25, 0.3) is 15.9 Å². The first-order valence-corrected chi connectivity index (χ1v) is 9.99. The smallest absolute Gasteiger partial charge is 0.262 e. The molecule has 1 aromatic carbocycles. The summed E-state index contributed by atoms with van der Waals surface area (Å²) in [7, 11) is -2.48. The highest BCUT2D eigenvalue weighted by Gasteiger charge is 2.21. The molecule has 1 aliphatic rings. The minimum absolute atomic E-state index is 0.0431. The van der Waals surface area contributed by atoms with Gasteiger partial charge >= 0.3 is 0 Å². The fourth-order valence-corrected chi connectivity index (χ4v) is 3.85. The number of hydrogen-bond donors (Lipinski definition) is 2. The minimum Gasteiger partial charge on any atom is -0.350 e. The predicted molar refractivity (Wildman–Crippen MR) is 95.5 cm³/mol. The van der Waals surface area contributed by atoms with Gasteiger partial charge in [0.2, 0.25) is 0 Å².